The molecule has 1 saturated heterocycles. The first kappa shape index (κ1) is 18.7. The summed E-state index contributed by atoms with van der Waals surface area (Å²) in [4.78, 5) is 15.0. The fourth-order valence-electron chi connectivity index (χ4n) is 3.49. The van der Waals surface area contributed by atoms with Gasteiger partial charge in [-0.2, -0.15) is 0 Å². The van der Waals surface area contributed by atoms with E-state index >= 15 is 0 Å². The SMILES string of the molecule is CCc1nc(CN2CCN(c3nn4cc(-c5ccc(F)cc5)nc4s3)CC2)cs1. The second-order valence-corrected chi connectivity index (χ2v) is 8.97. The molecule has 29 heavy (non-hydrogen) atoms. The van der Waals surface area contributed by atoms with Gasteiger partial charge in [0.05, 0.1) is 22.6 Å². The van der Waals surface area contributed by atoms with E-state index in [-0.39, 0.29) is 5.82 Å². The summed E-state index contributed by atoms with van der Waals surface area (Å²) in [7, 11) is 0. The number of aromatic nitrogens is 4. The third-order valence-corrected chi connectivity index (χ3v) is 7.13. The van der Waals surface area contributed by atoms with E-state index in [0.29, 0.717) is 0 Å². The predicted molar refractivity (Wildman–Crippen MR) is 115 cm³/mol. The van der Waals surface area contributed by atoms with Crippen LogP contribution >= 0.6 is 22.7 Å². The zero-order valence-electron chi connectivity index (χ0n) is 16.1. The van der Waals surface area contributed by atoms with Crippen LogP contribution in [-0.4, -0.2) is 50.7 Å². The van der Waals surface area contributed by atoms with Crippen molar-refractivity contribution in [2.45, 2.75) is 19.9 Å². The minimum atomic E-state index is -0.241. The average Bonchev–Trinajstić information content (AvgIpc) is 3.44. The van der Waals surface area contributed by atoms with Crippen LogP contribution in [0.2, 0.25) is 0 Å². The highest BCUT2D eigenvalue weighted by Crippen LogP contribution is 2.27. The van der Waals surface area contributed by atoms with Crippen LogP contribution in [0.15, 0.2) is 35.8 Å². The highest BCUT2D eigenvalue weighted by molar-refractivity contribution is 7.20. The third-order valence-electron chi connectivity index (χ3n) is 5.10. The normalized spacial score (nSPS) is 15.4. The van der Waals surface area contributed by atoms with Crippen molar-refractivity contribution in [2.24, 2.45) is 0 Å². The summed E-state index contributed by atoms with van der Waals surface area (Å²) in [6, 6.07) is 6.40. The van der Waals surface area contributed by atoms with Crippen molar-refractivity contribution < 1.29 is 4.39 Å². The van der Waals surface area contributed by atoms with Gasteiger partial charge >= 0.3 is 0 Å². The lowest BCUT2D eigenvalue weighted by Gasteiger charge is -2.33. The van der Waals surface area contributed by atoms with E-state index in [1.54, 1.807) is 34.8 Å². The Balaban J connectivity index is 1.23. The molecule has 0 N–H and O–H groups in total. The summed E-state index contributed by atoms with van der Waals surface area (Å²) in [6.07, 6.45) is 2.92. The van der Waals surface area contributed by atoms with E-state index in [2.05, 4.69) is 32.1 Å². The summed E-state index contributed by atoms with van der Waals surface area (Å²) < 4.78 is 15.0. The number of benzene rings is 1. The van der Waals surface area contributed by atoms with E-state index in [0.717, 1.165) is 60.5 Å². The van der Waals surface area contributed by atoms with Crippen LogP contribution in [0.1, 0.15) is 17.6 Å². The van der Waals surface area contributed by atoms with Crippen LogP contribution < -0.4 is 4.90 Å². The van der Waals surface area contributed by atoms with E-state index in [1.807, 2.05) is 10.7 Å². The van der Waals surface area contributed by atoms with Gasteiger partial charge in [0, 0.05) is 43.7 Å². The number of piperazine rings is 1. The van der Waals surface area contributed by atoms with Gasteiger partial charge in [0.1, 0.15) is 5.82 Å². The molecule has 3 aromatic heterocycles. The fourth-order valence-corrected chi connectivity index (χ4v) is 5.16. The molecule has 0 saturated carbocycles. The lowest BCUT2D eigenvalue weighted by atomic mass is 10.2. The number of rotatable bonds is 5. The van der Waals surface area contributed by atoms with Crippen LogP contribution in [0.4, 0.5) is 9.52 Å². The van der Waals surface area contributed by atoms with Crippen LogP contribution in [0.25, 0.3) is 16.2 Å². The Labute approximate surface area is 176 Å². The molecule has 0 spiro atoms. The summed E-state index contributed by atoms with van der Waals surface area (Å²) in [6.45, 7) is 6.98. The van der Waals surface area contributed by atoms with Crippen molar-refractivity contribution in [3.05, 3.63) is 52.4 Å². The molecule has 1 aliphatic rings. The summed E-state index contributed by atoms with van der Waals surface area (Å²) in [5, 5.41) is 9.11. The maximum absolute atomic E-state index is 13.1. The Morgan fingerprint density at radius 1 is 1.07 bits per heavy atom. The molecule has 4 heterocycles. The highest BCUT2D eigenvalue weighted by Gasteiger charge is 2.21. The number of nitrogens with zero attached hydrogens (tertiary/aromatic N) is 6. The Morgan fingerprint density at radius 2 is 1.86 bits per heavy atom. The molecule has 9 heteroatoms. The number of hydrogen-bond acceptors (Lipinski definition) is 7. The first-order chi connectivity index (χ1) is 14.2. The van der Waals surface area contributed by atoms with Crippen molar-refractivity contribution in [3.8, 4) is 11.3 Å². The van der Waals surface area contributed by atoms with Crippen LogP contribution in [-0.2, 0) is 13.0 Å². The van der Waals surface area contributed by atoms with Crippen molar-refractivity contribution in [3.63, 3.8) is 0 Å². The van der Waals surface area contributed by atoms with E-state index in [9.17, 15) is 4.39 Å². The Morgan fingerprint density at radius 3 is 2.55 bits per heavy atom. The number of anilines is 1. The summed E-state index contributed by atoms with van der Waals surface area (Å²) in [5.41, 5.74) is 2.89. The van der Waals surface area contributed by atoms with Crippen molar-refractivity contribution >= 4 is 32.8 Å². The average molecular weight is 429 g/mol. The molecular formula is C20H21FN6S2. The molecule has 1 aromatic carbocycles. The molecular weight excluding hydrogens is 407 g/mol. The van der Waals surface area contributed by atoms with E-state index in [4.69, 9.17) is 5.10 Å². The molecule has 0 radical (unpaired) electrons. The number of halogens is 1. The van der Waals surface area contributed by atoms with Gasteiger partial charge in [0.25, 0.3) is 0 Å². The molecule has 1 fully saturated rings. The van der Waals surface area contributed by atoms with Gasteiger partial charge in [-0.1, -0.05) is 18.3 Å². The Bertz CT molecular complexity index is 1080. The second kappa shape index (κ2) is 7.81. The maximum atomic E-state index is 13.1. The van der Waals surface area contributed by atoms with Gasteiger partial charge in [-0.05, 0) is 30.7 Å². The van der Waals surface area contributed by atoms with E-state index < -0.39 is 0 Å². The van der Waals surface area contributed by atoms with Crippen molar-refractivity contribution in [2.75, 3.05) is 31.1 Å². The van der Waals surface area contributed by atoms with Crippen LogP contribution in [0.5, 0.6) is 0 Å². The molecule has 150 valence electrons. The smallest absolute Gasteiger partial charge is 0.214 e. The number of thiazole rings is 1. The fraction of sp³-hybridized carbons (Fsp3) is 0.350. The maximum Gasteiger partial charge on any atom is 0.214 e. The molecule has 5 rings (SSSR count). The number of fused-ring (bicyclic) bond motifs is 1. The Kier molecular flexibility index (Phi) is 5.03. The summed E-state index contributed by atoms with van der Waals surface area (Å²) in [5.74, 6) is -0.241. The quantitative estimate of drug-likeness (QED) is 0.482. The molecule has 4 aromatic rings. The molecule has 0 aliphatic carbocycles. The lowest BCUT2D eigenvalue weighted by molar-refractivity contribution is 0.247. The van der Waals surface area contributed by atoms with Crippen LogP contribution in [0, 0.1) is 5.82 Å². The van der Waals surface area contributed by atoms with Gasteiger partial charge in [-0.25, -0.2) is 18.9 Å². The van der Waals surface area contributed by atoms with Gasteiger partial charge in [0.2, 0.25) is 10.1 Å². The third kappa shape index (κ3) is 3.90. The zero-order valence-corrected chi connectivity index (χ0v) is 17.7. The monoisotopic (exact) mass is 428 g/mol. The highest BCUT2D eigenvalue weighted by atomic mass is 32.1. The van der Waals surface area contributed by atoms with Crippen molar-refractivity contribution in [1.29, 1.82) is 0 Å². The molecule has 0 unspecified atom stereocenters. The number of hydrogen-bond donors (Lipinski definition) is 0. The largest absolute Gasteiger partial charge is 0.344 e. The minimum Gasteiger partial charge on any atom is -0.344 e. The summed E-state index contributed by atoms with van der Waals surface area (Å²) >= 11 is 3.35. The first-order valence-corrected chi connectivity index (χ1v) is 11.4. The molecule has 1 aliphatic heterocycles. The van der Waals surface area contributed by atoms with Gasteiger partial charge < -0.3 is 4.90 Å². The number of imidazole rings is 1. The molecule has 6 nitrogen and oxygen atoms in total. The Hall–Kier alpha value is -2.36. The van der Waals surface area contributed by atoms with Gasteiger partial charge in [0.15, 0.2) is 0 Å². The predicted octanol–water partition coefficient (Wildman–Crippen LogP) is 3.94. The topological polar surface area (TPSA) is 49.6 Å². The van der Waals surface area contributed by atoms with Crippen molar-refractivity contribution in [1.82, 2.24) is 24.5 Å². The van der Waals surface area contributed by atoms with Crippen LogP contribution in [0.3, 0.4) is 0 Å². The standard InChI is InChI=1S/C20H21FN6S2/c1-2-18-22-16(13-28-18)11-25-7-9-26(10-8-25)20-24-27-12-17(23-19(27)29-20)14-3-5-15(21)6-4-14/h3-6,12-13H,2,7-11H2,1H3. The molecule has 0 atom stereocenters. The van der Waals surface area contributed by atoms with Gasteiger partial charge in [-0.15, -0.1) is 16.4 Å². The minimum absolute atomic E-state index is 0.241. The first-order valence-electron chi connectivity index (χ1n) is 9.70. The van der Waals surface area contributed by atoms with E-state index in [1.165, 1.54) is 22.8 Å². The van der Waals surface area contributed by atoms with Gasteiger partial charge in [-0.3, -0.25) is 4.90 Å². The molecule has 0 bridgehead atoms. The molecule has 0 amide bonds. The zero-order chi connectivity index (χ0) is 19.8. The lowest BCUT2D eigenvalue weighted by Crippen LogP contribution is -2.46. The second-order valence-electron chi connectivity index (χ2n) is 7.09. The number of aryl methyl sites for hydroxylation is 1.